The van der Waals surface area contributed by atoms with Gasteiger partial charge in [-0.25, -0.2) is 4.79 Å². The maximum atomic E-state index is 11.0. The third-order valence-electron chi connectivity index (χ3n) is 3.99. The highest BCUT2D eigenvalue weighted by atomic mass is 16.5. The lowest BCUT2D eigenvalue weighted by molar-refractivity contribution is -0.156. The average Bonchev–Trinajstić information content (AvgIpc) is 2.74. The minimum atomic E-state index is -0.893. The lowest BCUT2D eigenvalue weighted by Crippen LogP contribution is -2.45. The van der Waals surface area contributed by atoms with Gasteiger partial charge in [-0.2, -0.15) is 0 Å². The zero-order valence-electron chi connectivity index (χ0n) is 12.5. The van der Waals surface area contributed by atoms with Gasteiger partial charge in [-0.3, -0.25) is 4.90 Å². The van der Waals surface area contributed by atoms with Crippen molar-refractivity contribution in [2.24, 2.45) is 0 Å². The summed E-state index contributed by atoms with van der Waals surface area (Å²) in [6, 6.07) is 6.21. The van der Waals surface area contributed by atoms with Gasteiger partial charge in [0, 0.05) is 31.6 Å². The van der Waals surface area contributed by atoms with Crippen molar-refractivity contribution in [2.45, 2.75) is 38.5 Å². The molecule has 0 amide bonds. The van der Waals surface area contributed by atoms with Crippen LogP contribution in [0.1, 0.15) is 25.0 Å². The molecule has 114 valence electrons. The van der Waals surface area contributed by atoms with Crippen LogP contribution in [0.15, 0.2) is 18.2 Å². The van der Waals surface area contributed by atoms with Crippen molar-refractivity contribution in [1.29, 1.82) is 0 Å². The molecule has 2 heterocycles. The minimum Gasteiger partial charge on any atom is -0.487 e. The predicted molar refractivity (Wildman–Crippen MR) is 77.5 cm³/mol. The van der Waals surface area contributed by atoms with E-state index in [-0.39, 0.29) is 5.60 Å². The highest BCUT2D eigenvalue weighted by Crippen LogP contribution is 2.38. The Morgan fingerprint density at radius 2 is 2.29 bits per heavy atom. The summed E-state index contributed by atoms with van der Waals surface area (Å²) in [6.07, 6.45) is 0.185. The molecule has 1 aromatic rings. The van der Waals surface area contributed by atoms with E-state index in [0.717, 1.165) is 24.3 Å². The second-order valence-electron chi connectivity index (χ2n) is 6.38. The van der Waals surface area contributed by atoms with E-state index < -0.39 is 12.1 Å². The molecule has 1 saturated heterocycles. The van der Waals surface area contributed by atoms with Gasteiger partial charge >= 0.3 is 5.97 Å². The molecule has 1 aromatic carbocycles. The Morgan fingerprint density at radius 3 is 3.05 bits per heavy atom. The maximum Gasteiger partial charge on any atom is 0.334 e. The van der Waals surface area contributed by atoms with Crippen molar-refractivity contribution in [2.75, 3.05) is 19.7 Å². The molecule has 5 heteroatoms. The second-order valence-corrected chi connectivity index (χ2v) is 6.38. The number of nitrogens with zero attached hydrogens (tertiary/aromatic N) is 1. The van der Waals surface area contributed by atoms with Crippen LogP contribution in [0.4, 0.5) is 0 Å². The highest BCUT2D eigenvalue weighted by Gasteiger charge is 2.32. The Bertz CT molecular complexity index is 555. The maximum absolute atomic E-state index is 11.0. The third-order valence-corrected chi connectivity index (χ3v) is 3.99. The van der Waals surface area contributed by atoms with Crippen LogP contribution in [0, 0.1) is 0 Å². The smallest absolute Gasteiger partial charge is 0.334 e. The molecular formula is C16H21NO4. The van der Waals surface area contributed by atoms with Crippen LogP contribution in [-0.4, -0.2) is 47.4 Å². The van der Waals surface area contributed by atoms with Gasteiger partial charge < -0.3 is 14.6 Å². The van der Waals surface area contributed by atoms with Gasteiger partial charge in [0.25, 0.3) is 0 Å². The van der Waals surface area contributed by atoms with Gasteiger partial charge in [-0.05, 0) is 19.4 Å². The molecule has 2 aliphatic rings. The highest BCUT2D eigenvalue weighted by molar-refractivity contribution is 5.72. The lowest BCUT2D eigenvalue weighted by atomic mass is 10.0. The normalized spacial score (nSPS) is 24.4. The molecule has 1 atom stereocenters. The monoisotopic (exact) mass is 291 g/mol. The van der Waals surface area contributed by atoms with Gasteiger partial charge in [-0.15, -0.1) is 0 Å². The summed E-state index contributed by atoms with van der Waals surface area (Å²) >= 11 is 0. The number of hydrogen-bond donors (Lipinski definition) is 1. The number of carboxylic acids is 1. The second kappa shape index (κ2) is 5.31. The van der Waals surface area contributed by atoms with Gasteiger partial charge in [-0.1, -0.05) is 18.2 Å². The summed E-state index contributed by atoms with van der Waals surface area (Å²) in [6.45, 7) is 6.50. The summed E-state index contributed by atoms with van der Waals surface area (Å²) in [5.41, 5.74) is 2.21. The molecule has 0 aliphatic carbocycles. The third kappa shape index (κ3) is 3.04. The Balaban J connectivity index is 1.75. The van der Waals surface area contributed by atoms with Crippen molar-refractivity contribution in [3.05, 3.63) is 29.3 Å². The van der Waals surface area contributed by atoms with Crippen LogP contribution in [0.2, 0.25) is 0 Å². The number of carboxylic acid groups (broad SMARTS) is 1. The van der Waals surface area contributed by atoms with E-state index in [4.69, 9.17) is 14.6 Å². The summed E-state index contributed by atoms with van der Waals surface area (Å²) in [5, 5.41) is 9.07. The van der Waals surface area contributed by atoms with Crippen molar-refractivity contribution in [1.82, 2.24) is 4.90 Å². The predicted octanol–water partition coefficient (Wildman–Crippen LogP) is 1.69. The topological polar surface area (TPSA) is 59.0 Å². The Kier molecular flexibility index (Phi) is 3.63. The van der Waals surface area contributed by atoms with E-state index in [2.05, 4.69) is 30.9 Å². The first-order valence-electron chi connectivity index (χ1n) is 7.31. The number of benzene rings is 1. The summed E-state index contributed by atoms with van der Waals surface area (Å²) in [7, 11) is 0. The van der Waals surface area contributed by atoms with Crippen molar-refractivity contribution >= 4 is 5.97 Å². The zero-order valence-corrected chi connectivity index (χ0v) is 12.5. The van der Waals surface area contributed by atoms with Gasteiger partial charge in [0.15, 0.2) is 6.10 Å². The molecule has 1 fully saturated rings. The first-order chi connectivity index (χ1) is 9.94. The standard InChI is InChI=1S/C16H21NO4/c1-16(2)8-11-4-3-5-12(14(11)21-16)9-17-6-7-20-13(10-17)15(18)19/h3-5,13H,6-10H2,1-2H3,(H,18,19). The summed E-state index contributed by atoms with van der Waals surface area (Å²) in [4.78, 5) is 13.2. The van der Waals surface area contributed by atoms with Crippen LogP contribution >= 0.6 is 0 Å². The number of fused-ring (bicyclic) bond motifs is 1. The van der Waals surface area contributed by atoms with Gasteiger partial charge in [0.2, 0.25) is 0 Å². The van der Waals surface area contributed by atoms with Crippen LogP contribution in [0.25, 0.3) is 0 Å². The molecule has 0 radical (unpaired) electrons. The number of para-hydroxylation sites is 1. The fourth-order valence-electron chi connectivity index (χ4n) is 3.04. The molecular weight excluding hydrogens is 270 g/mol. The average molecular weight is 291 g/mol. The van der Waals surface area contributed by atoms with Crippen molar-refractivity contribution in [3.63, 3.8) is 0 Å². The molecule has 21 heavy (non-hydrogen) atoms. The lowest BCUT2D eigenvalue weighted by Gasteiger charge is -2.31. The first-order valence-corrected chi connectivity index (χ1v) is 7.31. The summed E-state index contributed by atoms with van der Waals surface area (Å²) < 4.78 is 11.3. The number of carbonyl (C=O) groups is 1. The van der Waals surface area contributed by atoms with Crippen molar-refractivity contribution < 1.29 is 19.4 Å². The first kappa shape index (κ1) is 14.4. The molecule has 1 unspecified atom stereocenters. The number of aliphatic carboxylic acids is 1. The van der Waals surface area contributed by atoms with Crippen LogP contribution in [0.3, 0.4) is 0 Å². The molecule has 2 aliphatic heterocycles. The number of morpholine rings is 1. The number of hydrogen-bond acceptors (Lipinski definition) is 4. The Morgan fingerprint density at radius 1 is 1.48 bits per heavy atom. The number of ether oxygens (including phenoxy) is 2. The van der Waals surface area contributed by atoms with E-state index in [1.165, 1.54) is 5.56 Å². The quantitative estimate of drug-likeness (QED) is 0.918. The molecule has 5 nitrogen and oxygen atoms in total. The number of rotatable bonds is 3. The Labute approximate surface area is 124 Å². The zero-order chi connectivity index (χ0) is 15.0. The molecule has 0 bridgehead atoms. The fourth-order valence-corrected chi connectivity index (χ4v) is 3.04. The van der Waals surface area contributed by atoms with Crippen LogP contribution in [-0.2, 0) is 22.5 Å². The largest absolute Gasteiger partial charge is 0.487 e. The van der Waals surface area contributed by atoms with E-state index in [1.807, 2.05) is 6.07 Å². The summed E-state index contributed by atoms with van der Waals surface area (Å²) in [5.74, 6) is 0.0799. The van der Waals surface area contributed by atoms with Gasteiger partial charge in [0.05, 0.1) is 6.61 Å². The molecule has 0 aromatic heterocycles. The van der Waals surface area contributed by atoms with E-state index in [9.17, 15) is 4.79 Å². The van der Waals surface area contributed by atoms with E-state index in [0.29, 0.717) is 19.7 Å². The fraction of sp³-hybridized carbons (Fsp3) is 0.562. The molecule has 0 saturated carbocycles. The molecule has 1 N–H and O–H groups in total. The van der Waals surface area contributed by atoms with E-state index in [1.54, 1.807) is 0 Å². The van der Waals surface area contributed by atoms with Gasteiger partial charge in [0.1, 0.15) is 11.4 Å². The Hall–Kier alpha value is -1.59. The van der Waals surface area contributed by atoms with Crippen LogP contribution < -0.4 is 4.74 Å². The SMILES string of the molecule is CC1(C)Cc2cccc(CN3CCOC(C(=O)O)C3)c2O1. The molecule has 3 rings (SSSR count). The van der Waals surface area contributed by atoms with E-state index >= 15 is 0 Å². The van der Waals surface area contributed by atoms with Crippen LogP contribution in [0.5, 0.6) is 5.75 Å². The minimum absolute atomic E-state index is 0.160. The molecule has 0 spiro atoms. The van der Waals surface area contributed by atoms with Crippen molar-refractivity contribution in [3.8, 4) is 5.75 Å².